The van der Waals surface area contributed by atoms with Gasteiger partial charge in [0.15, 0.2) is 0 Å². The predicted octanol–water partition coefficient (Wildman–Crippen LogP) is 2.94. The van der Waals surface area contributed by atoms with Gasteiger partial charge in [-0.3, -0.25) is 4.79 Å². The average molecular weight is 239 g/mol. The molecule has 2 aliphatic rings. The summed E-state index contributed by atoms with van der Waals surface area (Å²) in [7, 11) is 0. The van der Waals surface area contributed by atoms with Gasteiger partial charge >= 0.3 is 5.97 Å². The summed E-state index contributed by atoms with van der Waals surface area (Å²) in [6.45, 7) is 1.74. The fourth-order valence-electron chi connectivity index (χ4n) is 3.62. The van der Waals surface area contributed by atoms with Crippen LogP contribution in [0, 0.1) is 5.41 Å². The van der Waals surface area contributed by atoms with E-state index in [0.717, 1.165) is 12.8 Å². The highest BCUT2D eigenvalue weighted by Crippen LogP contribution is 2.47. The molecule has 3 nitrogen and oxygen atoms in total. The first kappa shape index (κ1) is 12.9. The molecule has 98 valence electrons. The van der Waals surface area contributed by atoms with Crippen LogP contribution < -0.4 is 5.32 Å². The van der Waals surface area contributed by atoms with Gasteiger partial charge in [-0.15, -0.1) is 0 Å². The number of carboxylic acids is 1. The van der Waals surface area contributed by atoms with Crippen LogP contribution in [-0.2, 0) is 4.79 Å². The third-order valence-corrected chi connectivity index (χ3v) is 4.82. The minimum Gasteiger partial charge on any atom is -0.480 e. The van der Waals surface area contributed by atoms with E-state index in [1.165, 1.54) is 44.9 Å². The molecular weight excluding hydrogens is 214 g/mol. The minimum absolute atomic E-state index is 0.402. The number of hydrogen-bond acceptors (Lipinski definition) is 2. The molecule has 0 aromatic rings. The first-order valence-electron chi connectivity index (χ1n) is 7.10. The summed E-state index contributed by atoms with van der Waals surface area (Å²) in [5.41, 5.74) is 0.628. The highest BCUT2D eigenvalue weighted by Gasteiger charge is 2.36. The van der Waals surface area contributed by atoms with Crippen LogP contribution in [0.25, 0.3) is 0 Å². The zero-order valence-electron chi connectivity index (χ0n) is 10.9. The van der Waals surface area contributed by atoms with Gasteiger partial charge in [0.25, 0.3) is 0 Å². The molecule has 2 aliphatic carbocycles. The first-order chi connectivity index (χ1) is 8.11. The molecule has 17 heavy (non-hydrogen) atoms. The molecule has 0 amide bonds. The third-order valence-electron chi connectivity index (χ3n) is 4.82. The highest BCUT2D eigenvalue weighted by molar-refractivity contribution is 5.72. The van der Waals surface area contributed by atoms with Gasteiger partial charge in [-0.25, -0.2) is 0 Å². The highest BCUT2D eigenvalue weighted by atomic mass is 16.4. The standard InChI is InChI=1S/C14H25NO2/c1-11(13(16)17)15-12-5-9-14(10-6-12)7-3-2-4-8-14/h11-12,15H,2-10H2,1H3,(H,16,17)/t11-/m0/s1. The largest absolute Gasteiger partial charge is 0.480 e. The Kier molecular flexibility index (Phi) is 4.08. The zero-order chi connectivity index (χ0) is 12.3. The quantitative estimate of drug-likeness (QED) is 0.796. The van der Waals surface area contributed by atoms with Crippen LogP contribution >= 0.6 is 0 Å². The van der Waals surface area contributed by atoms with Gasteiger partial charge in [0, 0.05) is 6.04 Å². The van der Waals surface area contributed by atoms with Gasteiger partial charge in [-0.05, 0) is 50.9 Å². The maximum absolute atomic E-state index is 10.8. The van der Waals surface area contributed by atoms with E-state index < -0.39 is 12.0 Å². The van der Waals surface area contributed by atoms with Crippen molar-refractivity contribution in [1.82, 2.24) is 5.32 Å². The third kappa shape index (κ3) is 3.21. The lowest BCUT2D eigenvalue weighted by molar-refractivity contribution is -0.139. The topological polar surface area (TPSA) is 49.3 Å². The summed E-state index contributed by atoms with van der Waals surface area (Å²) >= 11 is 0. The fraction of sp³-hybridized carbons (Fsp3) is 0.929. The van der Waals surface area contributed by atoms with Crippen LogP contribution in [0.1, 0.15) is 64.7 Å². The van der Waals surface area contributed by atoms with Crippen molar-refractivity contribution < 1.29 is 9.90 Å². The summed E-state index contributed by atoms with van der Waals surface area (Å²) in [5, 5.41) is 12.1. The molecule has 0 aliphatic heterocycles. The summed E-state index contributed by atoms with van der Waals surface area (Å²) in [5.74, 6) is -0.733. The molecule has 0 saturated heterocycles. The molecule has 0 radical (unpaired) electrons. The van der Waals surface area contributed by atoms with Gasteiger partial charge in [-0.2, -0.15) is 0 Å². The van der Waals surface area contributed by atoms with Crippen molar-refractivity contribution in [2.75, 3.05) is 0 Å². The fourth-order valence-corrected chi connectivity index (χ4v) is 3.62. The summed E-state index contributed by atoms with van der Waals surface area (Å²) < 4.78 is 0. The maximum Gasteiger partial charge on any atom is 0.320 e. The molecule has 1 spiro atoms. The summed E-state index contributed by atoms with van der Waals surface area (Å²) in [6, 6.07) is 0.0223. The Labute approximate surface area is 104 Å². The summed E-state index contributed by atoms with van der Waals surface area (Å²) in [4.78, 5) is 10.8. The van der Waals surface area contributed by atoms with E-state index in [2.05, 4.69) is 5.32 Å². The molecule has 2 saturated carbocycles. The lowest BCUT2D eigenvalue weighted by atomic mass is 9.64. The van der Waals surface area contributed by atoms with E-state index in [1.54, 1.807) is 6.92 Å². The van der Waals surface area contributed by atoms with Crippen molar-refractivity contribution in [3.63, 3.8) is 0 Å². The van der Waals surface area contributed by atoms with E-state index in [1.807, 2.05) is 0 Å². The van der Waals surface area contributed by atoms with E-state index in [9.17, 15) is 4.79 Å². The van der Waals surface area contributed by atoms with Crippen LogP contribution in [0.4, 0.5) is 0 Å². The normalized spacial score (nSPS) is 26.9. The number of rotatable bonds is 3. The second kappa shape index (κ2) is 5.38. The van der Waals surface area contributed by atoms with Crippen LogP contribution in [0.15, 0.2) is 0 Å². The number of hydrogen-bond donors (Lipinski definition) is 2. The molecular formula is C14H25NO2. The number of aliphatic carboxylic acids is 1. The molecule has 0 unspecified atom stereocenters. The smallest absolute Gasteiger partial charge is 0.320 e. The second-order valence-electron chi connectivity index (χ2n) is 6.06. The Morgan fingerprint density at radius 3 is 2.29 bits per heavy atom. The Hall–Kier alpha value is -0.570. The van der Waals surface area contributed by atoms with Crippen LogP contribution in [0.5, 0.6) is 0 Å². The molecule has 0 aromatic carbocycles. The van der Waals surface area contributed by atoms with Crippen molar-refractivity contribution in [3.05, 3.63) is 0 Å². The number of carbonyl (C=O) groups is 1. The monoisotopic (exact) mass is 239 g/mol. The molecule has 0 aromatic heterocycles. The van der Waals surface area contributed by atoms with Gasteiger partial charge in [0.2, 0.25) is 0 Å². The van der Waals surface area contributed by atoms with E-state index in [4.69, 9.17) is 5.11 Å². The maximum atomic E-state index is 10.8. The lowest BCUT2D eigenvalue weighted by Crippen LogP contribution is -2.45. The van der Waals surface area contributed by atoms with Crippen molar-refractivity contribution in [3.8, 4) is 0 Å². The van der Waals surface area contributed by atoms with Gasteiger partial charge in [-0.1, -0.05) is 19.3 Å². The summed E-state index contributed by atoms with van der Waals surface area (Å²) in [6.07, 6.45) is 12.0. The van der Waals surface area contributed by atoms with Crippen LogP contribution in [0.3, 0.4) is 0 Å². The molecule has 0 heterocycles. The Balaban J connectivity index is 1.79. The van der Waals surface area contributed by atoms with Crippen LogP contribution in [0.2, 0.25) is 0 Å². The molecule has 0 bridgehead atoms. The van der Waals surface area contributed by atoms with Crippen molar-refractivity contribution in [2.24, 2.45) is 5.41 Å². The molecule has 2 rings (SSSR count). The number of carboxylic acid groups (broad SMARTS) is 1. The Morgan fingerprint density at radius 2 is 1.76 bits per heavy atom. The first-order valence-corrected chi connectivity index (χ1v) is 7.10. The lowest BCUT2D eigenvalue weighted by Gasteiger charge is -2.43. The SMILES string of the molecule is C[C@H](NC1CCC2(CCCCC2)CC1)C(=O)O. The van der Waals surface area contributed by atoms with E-state index >= 15 is 0 Å². The van der Waals surface area contributed by atoms with Crippen molar-refractivity contribution in [2.45, 2.75) is 76.8 Å². The Bertz CT molecular complexity index is 261. The molecule has 2 fully saturated rings. The average Bonchev–Trinajstić information content (AvgIpc) is 2.33. The zero-order valence-corrected chi connectivity index (χ0v) is 10.9. The van der Waals surface area contributed by atoms with E-state index in [-0.39, 0.29) is 0 Å². The minimum atomic E-state index is -0.733. The Morgan fingerprint density at radius 1 is 1.18 bits per heavy atom. The van der Waals surface area contributed by atoms with Gasteiger partial charge < -0.3 is 10.4 Å². The van der Waals surface area contributed by atoms with Gasteiger partial charge in [0.05, 0.1) is 0 Å². The van der Waals surface area contributed by atoms with Crippen molar-refractivity contribution >= 4 is 5.97 Å². The predicted molar refractivity (Wildman–Crippen MR) is 68.0 cm³/mol. The van der Waals surface area contributed by atoms with Crippen molar-refractivity contribution in [1.29, 1.82) is 0 Å². The second-order valence-corrected chi connectivity index (χ2v) is 6.06. The molecule has 1 atom stereocenters. The molecule has 3 heteroatoms. The van der Waals surface area contributed by atoms with Gasteiger partial charge in [0.1, 0.15) is 6.04 Å². The van der Waals surface area contributed by atoms with E-state index in [0.29, 0.717) is 11.5 Å². The molecule has 2 N–H and O–H groups in total. The number of nitrogens with one attached hydrogen (secondary N) is 1. The van der Waals surface area contributed by atoms with Crippen LogP contribution in [-0.4, -0.2) is 23.2 Å².